The van der Waals surface area contributed by atoms with Gasteiger partial charge in [0.1, 0.15) is 0 Å². The van der Waals surface area contributed by atoms with E-state index >= 15 is 0 Å². The fraction of sp³-hybridized carbons (Fsp3) is 0.182. The van der Waals surface area contributed by atoms with Crippen LogP contribution in [0.3, 0.4) is 0 Å². The zero-order valence-electron chi connectivity index (χ0n) is 15.0. The van der Waals surface area contributed by atoms with Crippen LogP contribution in [0.15, 0.2) is 76.5 Å². The predicted molar refractivity (Wildman–Crippen MR) is 117 cm³/mol. The molecule has 3 aromatic rings. The maximum Gasteiger partial charge on any atom is 0.0490 e. The molecule has 0 aliphatic heterocycles. The predicted octanol–water partition coefficient (Wildman–Crippen LogP) is 8.14. The summed E-state index contributed by atoms with van der Waals surface area (Å²) in [5, 5.41) is 0.786. The van der Waals surface area contributed by atoms with E-state index in [1.807, 2.05) is 19.9 Å². The molecule has 0 bridgehead atoms. The lowest BCUT2D eigenvalue weighted by Crippen LogP contribution is -1.83. The minimum absolute atomic E-state index is 0.786. The van der Waals surface area contributed by atoms with Gasteiger partial charge in [-0.1, -0.05) is 61.8 Å². The van der Waals surface area contributed by atoms with Crippen molar-refractivity contribution in [2.24, 2.45) is 0 Å². The van der Waals surface area contributed by atoms with Crippen LogP contribution in [0.2, 0.25) is 5.02 Å². The van der Waals surface area contributed by atoms with Crippen LogP contribution < -0.4 is 0 Å². The van der Waals surface area contributed by atoms with Crippen molar-refractivity contribution in [1.82, 2.24) is 0 Å². The Morgan fingerprint density at radius 2 is 1.04 bits per heavy atom. The SMILES string of the molecule is CC.CSc1ccc(-c2ccc(-c3ccc(SC)cc3)c(Cl)c2)cc1. The number of halogens is 1. The highest BCUT2D eigenvalue weighted by Crippen LogP contribution is 2.33. The van der Waals surface area contributed by atoms with E-state index in [1.54, 1.807) is 23.5 Å². The van der Waals surface area contributed by atoms with Crippen LogP contribution in [0.4, 0.5) is 0 Å². The average Bonchev–Trinajstić information content (AvgIpc) is 2.69. The van der Waals surface area contributed by atoms with Crippen molar-refractivity contribution in [3.8, 4) is 22.3 Å². The van der Waals surface area contributed by atoms with E-state index in [1.165, 1.54) is 15.4 Å². The fourth-order valence-electron chi connectivity index (χ4n) is 2.48. The molecule has 0 unspecified atom stereocenters. The van der Waals surface area contributed by atoms with Gasteiger partial charge in [0.25, 0.3) is 0 Å². The maximum atomic E-state index is 6.54. The zero-order chi connectivity index (χ0) is 18.2. The van der Waals surface area contributed by atoms with Gasteiger partial charge in [0, 0.05) is 20.4 Å². The molecule has 130 valence electrons. The molecule has 0 saturated heterocycles. The molecule has 0 amide bonds. The first kappa shape index (κ1) is 20.0. The van der Waals surface area contributed by atoms with Crippen LogP contribution in [-0.2, 0) is 0 Å². The Morgan fingerprint density at radius 3 is 1.48 bits per heavy atom. The molecule has 0 heterocycles. The zero-order valence-corrected chi connectivity index (χ0v) is 17.4. The second kappa shape index (κ2) is 9.96. The highest BCUT2D eigenvalue weighted by atomic mass is 35.5. The normalized spacial score (nSPS) is 10.1. The van der Waals surface area contributed by atoms with Gasteiger partial charge in [0.05, 0.1) is 0 Å². The lowest BCUT2D eigenvalue weighted by molar-refractivity contribution is 1.45. The molecule has 0 nitrogen and oxygen atoms in total. The fourth-order valence-corrected chi connectivity index (χ4v) is 3.59. The third kappa shape index (κ3) is 5.07. The summed E-state index contributed by atoms with van der Waals surface area (Å²) in [5.74, 6) is 0. The molecule has 0 fully saturated rings. The van der Waals surface area contributed by atoms with Crippen molar-refractivity contribution < 1.29 is 0 Å². The topological polar surface area (TPSA) is 0 Å². The molecule has 3 heteroatoms. The van der Waals surface area contributed by atoms with E-state index in [0.29, 0.717) is 0 Å². The molecule has 0 aliphatic carbocycles. The summed E-state index contributed by atoms with van der Waals surface area (Å²) >= 11 is 10.0. The van der Waals surface area contributed by atoms with E-state index in [4.69, 9.17) is 11.6 Å². The summed E-state index contributed by atoms with van der Waals surface area (Å²) in [6.45, 7) is 4.00. The van der Waals surface area contributed by atoms with Crippen LogP contribution in [0.5, 0.6) is 0 Å². The van der Waals surface area contributed by atoms with Crippen molar-refractivity contribution >= 4 is 35.1 Å². The van der Waals surface area contributed by atoms with Gasteiger partial charge in [-0.25, -0.2) is 0 Å². The van der Waals surface area contributed by atoms with Gasteiger partial charge < -0.3 is 0 Å². The molecule has 0 saturated carbocycles. The van der Waals surface area contributed by atoms with E-state index in [2.05, 4.69) is 73.2 Å². The molecule has 0 aliphatic rings. The summed E-state index contributed by atoms with van der Waals surface area (Å²) in [6.07, 6.45) is 4.17. The van der Waals surface area contributed by atoms with E-state index in [9.17, 15) is 0 Å². The number of thioether (sulfide) groups is 2. The first-order valence-electron chi connectivity index (χ1n) is 8.29. The Hall–Kier alpha value is -1.35. The largest absolute Gasteiger partial charge is 0.130 e. The third-order valence-electron chi connectivity index (χ3n) is 3.79. The highest BCUT2D eigenvalue weighted by Gasteiger charge is 2.06. The molecular formula is C22H23ClS2. The minimum atomic E-state index is 0.786. The first-order valence-corrected chi connectivity index (χ1v) is 11.1. The molecule has 3 aromatic carbocycles. The van der Waals surface area contributed by atoms with Crippen LogP contribution in [0.25, 0.3) is 22.3 Å². The number of rotatable bonds is 4. The summed E-state index contributed by atoms with van der Waals surface area (Å²) < 4.78 is 0. The van der Waals surface area contributed by atoms with E-state index < -0.39 is 0 Å². The standard InChI is InChI=1S/C20H17ClS2.C2H6/c1-22-17-8-3-14(4-9-17)16-7-12-19(20(21)13-16)15-5-10-18(23-2)11-6-15;1-2/h3-13H,1-2H3;1-2H3. The van der Waals surface area contributed by atoms with Gasteiger partial charge in [0.15, 0.2) is 0 Å². The molecule has 0 N–H and O–H groups in total. The highest BCUT2D eigenvalue weighted by molar-refractivity contribution is 7.98. The summed E-state index contributed by atoms with van der Waals surface area (Å²) in [5.41, 5.74) is 4.56. The second-order valence-electron chi connectivity index (χ2n) is 5.15. The molecule has 0 radical (unpaired) electrons. The Kier molecular flexibility index (Phi) is 7.95. The summed E-state index contributed by atoms with van der Waals surface area (Å²) in [4.78, 5) is 2.53. The van der Waals surface area contributed by atoms with E-state index in [-0.39, 0.29) is 0 Å². The quantitative estimate of drug-likeness (QED) is 0.415. The van der Waals surface area contributed by atoms with E-state index in [0.717, 1.165) is 21.7 Å². The van der Waals surface area contributed by atoms with Crippen molar-refractivity contribution in [3.63, 3.8) is 0 Å². The number of hydrogen-bond acceptors (Lipinski definition) is 2. The van der Waals surface area contributed by atoms with Crippen LogP contribution >= 0.6 is 35.1 Å². The van der Waals surface area contributed by atoms with Crippen LogP contribution in [0, 0.1) is 0 Å². The minimum Gasteiger partial charge on any atom is -0.130 e. The Labute approximate surface area is 165 Å². The molecule has 0 aromatic heterocycles. The third-order valence-corrected chi connectivity index (χ3v) is 5.59. The Morgan fingerprint density at radius 1 is 0.600 bits per heavy atom. The van der Waals surface area contributed by atoms with Crippen molar-refractivity contribution in [2.75, 3.05) is 12.5 Å². The second-order valence-corrected chi connectivity index (χ2v) is 7.32. The van der Waals surface area contributed by atoms with Gasteiger partial charge in [-0.15, -0.1) is 23.5 Å². The van der Waals surface area contributed by atoms with Gasteiger partial charge in [-0.2, -0.15) is 0 Å². The molecule has 0 spiro atoms. The van der Waals surface area contributed by atoms with Crippen molar-refractivity contribution in [1.29, 1.82) is 0 Å². The smallest absolute Gasteiger partial charge is 0.0490 e. The lowest BCUT2D eigenvalue weighted by atomic mass is 10.0. The van der Waals surface area contributed by atoms with Crippen LogP contribution in [-0.4, -0.2) is 12.5 Å². The molecule has 3 rings (SSSR count). The Balaban J connectivity index is 0.00000109. The molecule has 25 heavy (non-hydrogen) atoms. The van der Waals surface area contributed by atoms with Gasteiger partial charge >= 0.3 is 0 Å². The van der Waals surface area contributed by atoms with Crippen LogP contribution in [0.1, 0.15) is 13.8 Å². The van der Waals surface area contributed by atoms with Gasteiger partial charge in [-0.3, -0.25) is 0 Å². The van der Waals surface area contributed by atoms with Gasteiger partial charge in [0.2, 0.25) is 0 Å². The first-order chi connectivity index (χ1) is 12.2. The Bertz CT molecular complexity index is 793. The molecular weight excluding hydrogens is 364 g/mol. The molecule has 0 atom stereocenters. The maximum absolute atomic E-state index is 6.54. The summed E-state index contributed by atoms with van der Waals surface area (Å²) in [6, 6.07) is 23.4. The summed E-state index contributed by atoms with van der Waals surface area (Å²) in [7, 11) is 0. The van der Waals surface area contributed by atoms with Crippen molar-refractivity contribution in [3.05, 3.63) is 71.8 Å². The van der Waals surface area contributed by atoms with Crippen molar-refractivity contribution in [2.45, 2.75) is 23.6 Å². The lowest BCUT2D eigenvalue weighted by Gasteiger charge is -2.09. The van der Waals surface area contributed by atoms with Gasteiger partial charge in [-0.05, 0) is 59.5 Å². The number of hydrogen-bond donors (Lipinski definition) is 0. The number of benzene rings is 3. The monoisotopic (exact) mass is 386 g/mol. The average molecular weight is 387 g/mol.